The lowest BCUT2D eigenvalue weighted by molar-refractivity contribution is -0.154. The van der Waals surface area contributed by atoms with Gasteiger partial charge in [0.15, 0.2) is 6.61 Å². The van der Waals surface area contributed by atoms with Crippen molar-refractivity contribution in [2.24, 2.45) is 5.92 Å². The zero-order valence-electron chi connectivity index (χ0n) is 16.6. The van der Waals surface area contributed by atoms with Gasteiger partial charge in [-0.05, 0) is 42.8 Å². The first-order valence-corrected chi connectivity index (χ1v) is 9.76. The summed E-state index contributed by atoms with van der Waals surface area (Å²) in [7, 11) is 0. The Morgan fingerprint density at radius 3 is 2.71 bits per heavy atom. The minimum atomic E-state index is -4.42. The number of carbonyl (C=O) groups excluding carboxylic acids is 1. The van der Waals surface area contributed by atoms with Crippen LogP contribution < -0.4 is 14.8 Å². The summed E-state index contributed by atoms with van der Waals surface area (Å²) in [5.74, 6) is 0.586. The molecule has 0 saturated carbocycles. The molecule has 3 aromatic rings. The summed E-state index contributed by atoms with van der Waals surface area (Å²) in [6.45, 7) is 1.10. The Kier molecular flexibility index (Phi) is 5.67. The highest BCUT2D eigenvalue weighted by Crippen LogP contribution is 2.33. The molecular formula is C22H20F3N3O3. The molecule has 0 aliphatic carbocycles. The molecule has 1 aromatic carbocycles. The molecule has 31 heavy (non-hydrogen) atoms. The lowest BCUT2D eigenvalue weighted by atomic mass is 10.0. The summed E-state index contributed by atoms with van der Waals surface area (Å²) in [4.78, 5) is 19.9. The van der Waals surface area contributed by atoms with Gasteiger partial charge in [0.1, 0.15) is 11.9 Å². The first-order valence-electron chi connectivity index (χ1n) is 9.76. The molecule has 4 rings (SSSR count). The Hall–Kier alpha value is -3.36. The number of halogens is 3. The van der Waals surface area contributed by atoms with Crippen molar-refractivity contribution < 1.29 is 27.4 Å². The quantitative estimate of drug-likeness (QED) is 0.635. The number of rotatable bonds is 6. The van der Waals surface area contributed by atoms with Crippen LogP contribution in [0.3, 0.4) is 0 Å². The van der Waals surface area contributed by atoms with Gasteiger partial charge in [0, 0.05) is 48.3 Å². The van der Waals surface area contributed by atoms with Gasteiger partial charge in [0.25, 0.3) is 0 Å². The molecular weight excluding hydrogens is 411 g/mol. The molecule has 3 heterocycles. The first kappa shape index (κ1) is 20.9. The van der Waals surface area contributed by atoms with Crippen LogP contribution in [0.1, 0.15) is 13.3 Å². The van der Waals surface area contributed by atoms with E-state index < -0.39 is 12.8 Å². The van der Waals surface area contributed by atoms with Crippen molar-refractivity contribution in [2.75, 3.05) is 13.2 Å². The van der Waals surface area contributed by atoms with Crippen molar-refractivity contribution in [3.05, 3.63) is 48.8 Å². The van der Waals surface area contributed by atoms with Gasteiger partial charge < -0.3 is 14.8 Å². The minimum Gasteiger partial charge on any atom is -0.490 e. The van der Waals surface area contributed by atoms with Crippen molar-refractivity contribution in [1.82, 2.24) is 15.3 Å². The number of hydrogen-bond acceptors (Lipinski definition) is 5. The molecule has 1 fully saturated rings. The van der Waals surface area contributed by atoms with Gasteiger partial charge in [0.05, 0.1) is 5.52 Å². The van der Waals surface area contributed by atoms with E-state index in [9.17, 15) is 18.0 Å². The van der Waals surface area contributed by atoms with E-state index >= 15 is 0 Å². The second kappa shape index (κ2) is 8.41. The number of nitrogens with one attached hydrogen (secondary N) is 1. The summed E-state index contributed by atoms with van der Waals surface area (Å²) in [6.07, 6.45) is -1.09. The van der Waals surface area contributed by atoms with E-state index in [4.69, 9.17) is 4.74 Å². The van der Waals surface area contributed by atoms with Crippen molar-refractivity contribution in [2.45, 2.75) is 25.6 Å². The molecule has 9 heteroatoms. The fourth-order valence-electron chi connectivity index (χ4n) is 3.46. The van der Waals surface area contributed by atoms with E-state index in [1.54, 1.807) is 12.3 Å². The van der Waals surface area contributed by atoms with Crippen molar-refractivity contribution >= 4 is 16.8 Å². The van der Waals surface area contributed by atoms with Crippen molar-refractivity contribution in [3.8, 4) is 22.8 Å². The predicted octanol–water partition coefficient (Wildman–Crippen LogP) is 4.14. The van der Waals surface area contributed by atoms with Gasteiger partial charge in [-0.15, -0.1) is 0 Å². The molecule has 162 valence electrons. The van der Waals surface area contributed by atoms with Gasteiger partial charge in [-0.3, -0.25) is 9.78 Å². The number of hydrogen-bond donors (Lipinski definition) is 1. The molecule has 1 aliphatic heterocycles. The maximum Gasteiger partial charge on any atom is 0.422 e. The standard InChI is InChI=1S/C22H20F3N3O3/c1-13(16-9-20(29)27-11-16)31-19-8-15(7-18-17(19)3-2-6-26-18)14-4-5-21(28-10-14)30-12-22(23,24)25/h2-8,10,13,16H,9,11-12H2,1H3,(H,27,29)/t13-,16?/m1/s1. The molecule has 1 unspecified atom stereocenters. The first-order chi connectivity index (χ1) is 14.8. The highest BCUT2D eigenvalue weighted by atomic mass is 19.4. The molecule has 2 atom stereocenters. The zero-order valence-corrected chi connectivity index (χ0v) is 16.6. The van der Waals surface area contributed by atoms with Crippen LogP contribution in [0.5, 0.6) is 11.6 Å². The molecule has 0 spiro atoms. The van der Waals surface area contributed by atoms with Gasteiger partial charge in [0.2, 0.25) is 11.8 Å². The SMILES string of the molecule is C[C@@H](Oc1cc(-c2ccc(OCC(F)(F)F)nc2)cc2ncccc12)C1CNC(=O)C1. The fourth-order valence-corrected chi connectivity index (χ4v) is 3.46. The van der Waals surface area contributed by atoms with E-state index in [0.29, 0.717) is 29.8 Å². The average Bonchev–Trinajstić information content (AvgIpc) is 3.18. The number of fused-ring (bicyclic) bond motifs is 1. The van der Waals surface area contributed by atoms with Crippen LogP contribution in [0.4, 0.5) is 13.2 Å². The predicted molar refractivity (Wildman–Crippen MR) is 108 cm³/mol. The van der Waals surface area contributed by atoms with Crippen LogP contribution in [0.25, 0.3) is 22.0 Å². The smallest absolute Gasteiger partial charge is 0.422 e. The van der Waals surface area contributed by atoms with Crippen LogP contribution in [-0.4, -0.2) is 41.3 Å². The van der Waals surface area contributed by atoms with E-state index in [1.807, 2.05) is 31.2 Å². The summed E-state index contributed by atoms with van der Waals surface area (Å²) in [5, 5.41) is 3.64. The minimum absolute atomic E-state index is 0.0135. The summed E-state index contributed by atoms with van der Waals surface area (Å²) in [5.41, 5.74) is 2.14. The monoisotopic (exact) mass is 431 g/mol. The Bertz CT molecular complexity index is 1090. The van der Waals surface area contributed by atoms with Gasteiger partial charge in [-0.25, -0.2) is 4.98 Å². The van der Waals surface area contributed by atoms with Gasteiger partial charge >= 0.3 is 6.18 Å². The van der Waals surface area contributed by atoms with E-state index in [-0.39, 0.29) is 23.8 Å². The van der Waals surface area contributed by atoms with Crippen LogP contribution in [0.15, 0.2) is 48.8 Å². The lowest BCUT2D eigenvalue weighted by Gasteiger charge is -2.21. The average molecular weight is 431 g/mol. The zero-order chi connectivity index (χ0) is 22.0. The van der Waals surface area contributed by atoms with E-state index in [0.717, 1.165) is 10.9 Å². The lowest BCUT2D eigenvalue weighted by Crippen LogP contribution is -2.25. The van der Waals surface area contributed by atoms with Crippen LogP contribution >= 0.6 is 0 Å². The summed E-state index contributed by atoms with van der Waals surface area (Å²) >= 11 is 0. The third kappa shape index (κ3) is 5.04. The maximum atomic E-state index is 12.3. The Morgan fingerprint density at radius 1 is 1.19 bits per heavy atom. The number of ether oxygens (including phenoxy) is 2. The molecule has 1 saturated heterocycles. The number of amides is 1. The molecule has 1 N–H and O–H groups in total. The normalized spacial score (nSPS) is 17.4. The van der Waals surface area contributed by atoms with E-state index in [1.165, 1.54) is 12.3 Å². The largest absolute Gasteiger partial charge is 0.490 e. The van der Waals surface area contributed by atoms with Crippen LogP contribution in [-0.2, 0) is 4.79 Å². The van der Waals surface area contributed by atoms with Crippen molar-refractivity contribution in [1.29, 1.82) is 0 Å². The molecule has 0 radical (unpaired) electrons. The highest BCUT2D eigenvalue weighted by Gasteiger charge is 2.29. The van der Waals surface area contributed by atoms with Crippen molar-refractivity contribution in [3.63, 3.8) is 0 Å². The third-order valence-corrected chi connectivity index (χ3v) is 5.12. The van der Waals surface area contributed by atoms with Gasteiger partial charge in [-0.2, -0.15) is 13.2 Å². The Labute approximate surface area is 176 Å². The second-order valence-electron chi connectivity index (χ2n) is 7.42. The topological polar surface area (TPSA) is 73.3 Å². The Balaban J connectivity index is 1.60. The number of benzene rings is 1. The molecule has 2 aromatic heterocycles. The summed E-state index contributed by atoms with van der Waals surface area (Å²) < 4.78 is 47.8. The fraction of sp³-hybridized carbons (Fsp3) is 0.318. The molecule has 0 bridgehead atoms. The number of aromatic nitrogens is 2. The number of nitrogens with zero attached hydrogens (tertiary/aromatic N) is 2. The Morgan fingerprint density at radius 2 is 2.03 bits per heavy atom. The molecule has 6 nitrogen and oxygen atoms in total. The van der Waals surface area contributed by atoms with E-state index in [2.05, 4.69) is 20.0 Å². The number of carbonyl (C=O) groups is 1. The molecule has 1 aliphatic rings. The number of alkyl halides is 3. The maximum absolute atomic E-state index is 12.3. The van der Waals surface area contributed by atoms with Crippen LogP contribution in [0.2, 0.25) is 0 Å². The van der Waals surface area contributed by atoms with Crippen LogP contribution in [0, 0.1) is 5.92 Å². The highest BCUT2D eigenvalue weighted by molar-refractivity contribution is 5.90. The second-order valence-corrected chi connectivity index (χ2v) is 7.42. The molecule has 1 amide bonds. The summed E-state index contributed by atoms with van der Waals surface area (Å²) in [6, 6.07) is 10.4. The third-order valence-electron chi connectivity index (χ3n) is 5.12. The van der Waals surface area contributed by atoms with Gasteiger partial charge in [-0.1, -0.05) is 0 Å². The number of pyridine rings is 2.